The number of alkyl halides is 3. The summed E-state index contributed by atoms with van der Waals surface area (Å²) in [5.41, 5.74) is 1.80. The van der Waals surface area contributed by atoms with Crippen molar-refractivity contribution in [1.82, 2.24) is 0 Å². The number of carbonyl (C=O) groups is 1. The Morgan fingerprint density at radius 3 is 2.13 bits per heavy atom. The maximum atomic E-state index is 13.1. The van der Waals surface area contributed by atoms with Gasteiger partial charge in [-0.25, -0.2) is 8.42 Å². The lowest BCUT2D eigenvalue weighted by molar-refractivity contribution is -0.140. The summed E-state index contributed by atoms with van der Waals surface area (Å²) in [5.74, 6) is 0.183. The molecule has 0 bridgehead atoms. The van der Waals surface area contributed by atoms with Crippen molar-refractivity contribution in [3.63, 3.8) is 0 Å². The minimum atomic E-state index is -4.54. The Hall–Kier alpha value is -2.63. The van der Waals surface area contributed by atoms with E-state index in [1.807, 2.05) is 6.26 Å². The molecule has 11 heteroatoms. The molecule has 0 heterocycles. The zero-order chi connectivity index (χ0) is 29.1. The maximum absolute atomic E-state index is 13.1. The van der Waals surface area contributed by atoms with Crippen molar-refractivity contribution >= 4 is 38.9 Å². The predicted molar refractivity (Wildman–Crippen MR) is 148 cm³/mol. The number of aliphatic hydroxyl groups is 1. The number of hydrogen-bond donors (Lipinski definition) is 1. The van der Waals surface area contributed by atoms with Gasteiger partial charge in [0.05, 0.1) is 11.5 Å². The summed E-state index contributed by atoms with van der Waals surface area (Å²) >= 11 is 1.50. The minimum absolute atomic E-state index is 0.0447. The van der Waals surface area contributed by atoms with Gasteiger partial charge in [0.1, 0.15) is 11.7 Å². The topological polar surface area (TPSA) is 93.0 Å². The SMILES string of the molecule is CCC(=O)OCSC.CN=C(/C=C(/c1ccc(-c2ccc(CO)c(S(C)(=O)=O)c2)cc1)C(C)C)C(F)(F)F. The van der Waals surface area contributed by atoms with Crippen LogP contribution in [-0.2, 0) is 26.0 Å². The molecular weight excluding hydrogens is 539 g/mol. The molecule has 0 radical (unpaired) electrons. The molecule has 0 fully saturated rings. The second-order valence-corrected chi connectivity index (χ2v) is 11.3. The molecule has 0 saturated heterocycles. The molecule has 2 aromatic rings. The van der Waals surface area contributed by atoms with Gasteiger partial charge < -0.3 is 9.84 Å². The van der Waals surface area contributed by atoms with Crippen LogP contribution in [-0.4, -0.2) is 56.9 Å². The van der Waals surface area contributed by atoms with E-state index in [2.05, 4.69) is 9.73 Å². The zero-order valence-electron chi connectivity index (χ0n) is 22.3. The number of sulfone groups is 1. The average molecular weight is 574 g/mol. The third kappa shape index (κ3) is 10.3. The molecule has 6 nitrogen and oxygen atoms in total. The van der Waals surface area contributed by atoms with Crippen LogP contribution in [0.1, 0.15) is 38.3 Å². The Morgan fingerprint density at radius 1 is 1.13 bits per heavy atom. The normalized spacial score (nSPS) is 12.7. The number of halogens is 3. The van der Waals surface area contributed by atoms with Gasteiger partial charge in [-0.2, -0.15) is 13.2 Å². The first-order valence-electron chi connectivity index (χ1n) is 11.6. The van der Waals surface area contributed by atoms with Crippen LogP contribution in [0, 0.1) is 5.92 Å². The number of esters is 1. The number of ether oxygens (including phenoxy) is 1. The van der Waals surface area contributed by atoms with E-state index in [9.17, 15) is 31.5 Å². The van der Waals surface area contributed by atoms with Gasteiger partial charge in [-0.1, -0.05) is 57.2 Å². The van der Waals surface area contributed by atoms with Crippen molar-refractivity contribution in [2.45, 2.75) is 44.9 Å². The van der Waals surface area contributed by atoms with Crippen LogP contribution in [0.2, 0.25) is 0 Å². The summed E-state index contributed by atoms with van der Waals surface area (Å²) < 4.78 is 68.0. The fraction of sp³-hybridized carbons (Fsp3) is 0.407. The van der Waals surface area contributed by atoms with Gasteiger partial charge in [0.25, 0.3) is 0 Å². The first kappa shape index (κ1) is 33.4. The molecule has 210 valence electrons. The Balaban J connectivity index is 0.000000781. The fourth-order valence-electron chi connectivity index (χ4n) is 3.30. The monoisotopic (exact) mass is 573 g/mol. The van der Waals surface area contributed by atoms with Gasteiger partial charge in [0.2, 0.25) is 0 Å². The highest BCUT2D eigenvalue weighted by molar-refractivity contribution is 7.98. The third-order valence-corrected chi connectivity index (χ3v) is 6.79. The number of benzene rings is 2. The van der Waals surface area contributed by atoms with E-state index >= 15 is 0 Å². The van der Waals surface area contributed by atoms with Crippen molar-refractivity contribution < 1.29 is 36.2 Å². The third-order valence-electron chi connectivity index (χ3n) is 5.26. The summed E-state index contributed by atoms with van der Waals surface area (Å²) in [6.07, 6.45) is -0.0477. The standard InChI is InChI=1S/C22H24F3NO3S.C5H10O2S/c1-14(2)19(12-21(26-3)22(23,24)25)16-7-5-15(6-8-16)17-9-10-18(13-27)20(11-17)30(4,28)29;1-3-5(6)7-4-8-2/h5-12,14,27H,13H2,1-4H3;3-4H2,1-2H3/b19-12+,26-21?;. The summed E-state index contributed by atoms with van der Waals surface area (Å²) in [6.45, 7) is 4.98. The van der Waals surface area contributed by atoms with Crippen molar-refractivity contribution in [2.75, 3.05) is 25.5 Å². The smallest absolute Gasteiger partial charge is 0.432 e. The van der Waals surface area contributed by atoms with Crippen LogP contribution < -0.4 is 0 Å². The number of aliphatic imine (C=N–C) groups is 1. The lowest BCUT2D eigenvalue weighted by Crippen LogP contribution is -2.21. The highest BCUT2D eigenvalue weighted by Crippen LogP contribution is 2.30. The number of hydrogen-bond acceptors (Lipinski definition) is 7. The highest BCUT2D eigenvalue weighted by Gasteiger charge is 2.34. The Labute approximate surface area is 226 Å². The van der Waals surface area contributed by atoms with E-state index in [4.69, 9.17) is 0 Å². The second-order valence-electron chi connectivity index (χ2n) is 8.47. The molecule has 0 saturated carbocycles. The summed E-state index contributed by atoms with van der Waals surface area (Å²) in [5, 5.41) is 9.38. The first-order chi connectivity index (χ1) is 17.7. The maximum Gasteiger partial charge on any atom is 0.432 e. The highest BCUT2D eigenvalue weighted by atomic mass is 32.2. The van der Waals surface area contributed by atoms with E-state index in [1.165, 1.54) is 17.8 Å². The molecule has 0 aliphatic rings. The Bertz CT molecular complexity index is 1240. The molecule has 38 heavy (non-hydrogen) atoms. The molecule has 0 aliphatic carbocycles. The fourth-order valence-corrected chi connectivity index (χ4v) is 4.49. The number of aliphatic hydroxyl groups excluding tert-OH is 1. The largest absolute Gasteiger partial charge is 0.455 e. The van der Waals surface area contributed by atoms with Gasteiger partial charge in [0.15, 0.2) is 9.84 Å². The van der Waals surface area contributed by atoms with E-state index in [0.29, 0.717) is 40.2 Å². The average Bonchev–Trinajstić information content (AvgIpc) is 2.86. The molecule has 0 spiro atoms. The Morgan fingerprint density at radius 2 is 1.71 bits per heavy atom. The van der Waals surface area contributed by atoms with E-state index in [0.717, 1.165) is 19.4 Å². The molecule has 2 aromatic carbocycles. The molecule has 0 aromatic heterocycles. The number of thioether (sulfide) groups is 1. The van der Waals surface area contributed by atoms with E-state index in [1.54, 1.807) is 57.2 Å². The molecule has 0 atom stereocenters. The number of carbonyl (C=O) groups excluding carboxylic acids is 1. The summed E-state index contributed by atoms with van der Waals surface area (Å²) in [4.78, 5) is 13.7. The molecule has 0 aliphatic heterocycles. The van der Waals surface area contributed by atoms with Gasteiger partial charge >= 0.3 is 12.1 Å². The summed E-state index contributed by atoms with van der Waals surface area (Å²) in [7, 11) is -2.42. The van der Waals surface area contributed by atoms with Gasteiger partial charge in [-0.3, -0.25) is 9.79 Å². The molecule has 1 N–H and O–H groups in total. The van der Waals surface area contributed by atoms with Gasteiger partial charge in [0, 0.05) is 19.7 Å². The molecule has 0 amide bonds. The number of rotatable bonds is 9. The molecule has 0 unspecified atom stereocenters. The molecular formula is C27H34F3NO5S2. The quantitative estimate of drug-likeness (QED) is 0.219. The number of allylic oxidation sites excluding steroid dienone is 2. The van der Waals surface area contributed by atoms with Crippen molar-refractivity contribution in [3.05, 3.63) is 59.7 Å². The van der Waals surface area contributed by atoms with E-state index in [-0.39, 0.29) is 16.8 Å². The second kappa shape index (κ2) is 15.1. The lowest BCUT2D eigenvalue weighted by Gasteiger charge is -2.15. The summed E-state index contributed by atoms with van der Waals surface area (Å²) in [6, 6.07) is 11.6. The first-order valence-corrected chi connectivity index (χ1v) is 14.9. The van der Waals surface area contributed by atoms with Crippen LogP contribution in [0.3, 0.4) is 0 Å². The van der Waals surface area contributed by atoms with E-state index < -0.39 is 28.3 Å². The minimum Gasteiger partial charge on any atom is -0.455 e. The number of nitrogens with zero attached hydrogens (tertiary/aromatic N) is 1. The van der Waals surface area contributed by atoms with Crippen LogP contribution >= 0.6 is 11.8 Å². The van der Waals surface area contributed by atoms with Crippen LogP contribution in [0.5, 0.6) is 0 Å². The zero-order valence-corrected chi connectivity index (χ0v) is 23.9. The van der Waals surface area contributed by atoms with Crippen molar-refractivity contribution in [2.24, 2.45) is 10.9 Å². The van der Waals surface area contributed by atoms with Gasteiger partial charge in [-0.05, 0) is 52.1 Å². The van der Waals surface area contributed by atoms with Crippen LogP contribution in [0.15, 0.2) is 58.4 Å². The van der Waals surface area contributed by atoms with Crippen LogP contribution in [0.25, 0.3) is 16.7 Å². The lowest BCUT2D eigenvalue weighted by atomic mass is 9.92. The van der Waals surface area contributed by atoms with Crippen molar-refractivity contribution in [3.8, 4) is 11.1 Å². The predicted octanol–water partition coefficient (Wildman–Crippen LogP) is 6.18. The Kier molecular flexibility index (Phi) is 13.3. The van der Waals surface area contributed by atoms with Gasteiger partial charge in [-0.15, -0.1) is 11.8 Å². The molecule has 2 rings (SSSR count). The van der Waals surface area contributed by atoms with Crippen LogP contribution in [0.4, 0.5) is 13.2 Å². The van der Waals surface area contributed by atoms with Crippen molar-refractivity contribution in [1.29, 1.82) is 0 Å².